The molecule has 1 saturated heterocycles. The normalized spacial score (nSPS) is 17.6. The summed E-state index contributed by atoms with van der Waals surface area (Å²) in [6.07, 6.45) is 7.05. The Morgan fingerprint density at radius 2 is 1.97 bits per heavy atom. The van der Waals surface area contributed by atoms with Crippen molar-refractivity contribution in [3.05, 3.63) is 76.4 Å². The van der Waals surface area contributed by atoms with Crippen LogP contribution in [0.15, 0.2) is 55.0 Å². The zero-order chi connectivity index (χ0) is 21.1. The van der Waals surface area contributed by atoms with Crippen molar-refractivity contribution in [2.45, 2.75) is 18.9 Å². The van der Waals surface area contributed by atoms with Crippen molar-refractivity contribution >= 4 is 34.9 Å². The third-order valence-electron chi connectivity index (χ3n) is 5.44. The number of piperidine rings is 1. The molecule has 3 heterocycles. The quantitative estimate of drug-likeness (QED) is 0.640. The van der Waals surface area contributed by atoms with Gasteiger partial charge in [0.1, 0.15) is 17.7 Å². The van der Waals surface area contributed by atoms with Crippen molar-refractivity contribution in [2.75, 3.05) is 18.0 Å². The molecule has 0 spiro atoms. The van der Waals surface area contributed by atoms with Crippen molar-refractivity contribution in [3.63, 3.8) is 0 Å². The van der Waals surface area contributed by atoms with E-state index in [0.717, 1.165) is 36.6 Å². The highest BCUT2D eigenvalue weighted by molar-refractivity contribution is 6.33. The summed E-state index contributed by atoms with van der Waals surface area (Å²) in [6, 6.07) is 10.8. The van der Waals surface area contributed by atoms with Gasteiger partial charge in [-0.15, -0.1) is 0 Å². The van der Waals surface area contributed by atoms with Gasteiger partial charge in [-0.05, 0) is 42.7 Å². The molecule has 0 bridgehead atoms. The predicted octanol–water partition coefficient (Wildman–Crippen LogP) is 4.24. The summed E-state index contributed by atoms with van der Waals surface area (Å²) < 4.78 is 1.92. The number of carbonyl (C=O) groups is 1. The summed E-state index contributed by atoms with van der Waals surface area (Å²) in [5.74, 6) is 1.34. The number of aromatic nitrogens is 3. The first-order valence-electron chi connectivity index (χ1n) is 9.91. The van der Waals surface area contributed by atoms with E-state index in [1.165, 1.54) is 0 Å². The van der Waals surface area contributed by atoms with Gasteiger partial charge in [-0.1, -0.05) is 35.3 Å². The summed E-state index contributed by atoms with van der Waals surface area (Å²) in [7, 11) is 1.92. The molecule has 30 heavy (non-hydrogen) atoms. The van der Waals surface area contributed by atoms with E-state index in [9.17, 15) is 4.79 Å². The van der Waals surface area contributed by atoms with Gasteiger partial charge in [0, 0.05) is 43.8 Å². The maximum atomic E-state index is 13.3. The lowest BCUT2D eigenvalue weighted by Gasteiger charge is -2.34. The van der Waals surface area contributed by atoms with E-state index in [2.05, 4.69) is 20.2 Å². The number of hydrogen-bond donors (Lipinski definition) is 1. The molecule has 1 N–H and O–H groups in total. The van der Waals surface area contributed by atoms with Gasteiger partial charge in [-0.25, -0.2) is 9.97 Å². The molecular formula is C22H23Cl2N5O. The van der Waals surface area contributed by atoms with Gasteiger partial charge in [0.05, 0.1) is 10.9 Å². The number of rotatable bonds is 5. The number of benzene rings is 1. The lowest BCUT2D eigenvalue weighted by Crippen LogP contribution is -2.44. The van der Waals surface area contributed by atoms with E-state index < -0.39 is 0 Å². The second-order valence-electron chi connectivity index (χ2n) is 7.48. The number of carbonyl (C=O) groups excluding carboxylic acids is 1. The SMILES string of the molecule is Cn1ccnc1[C@@H](NC(=O)[C@@H]1CCCN(c2ncccc2Cl)C1)c1ccc(Cl)cc1. The fourth-order valence-corrected chi connectivity index (χ4v) is 4.23. The topological polar surface area (TPSA) is 63.1 Å². The van der Waals surface area contributed by atoms with Crippen LogP contribution in [0.5, 0.6) is 0 Å². The second kappa shape index (κ2) is 9.06. The van der Waals surface area contributed by atoms with Crippen molar-refractivity contribution in [3.8, 4) is 0 Å². The molecule has 6 nitrogen and oxygen atoms in total. The number of halogens is 2. The molecule has 2 atom stereocenters. The van der Waals surface area contributed by atoms with Gasteiger partial charge in [-0.3, -0.25) is 4.79 Å². The summed E-state index contributed by atoms with van der Waals surface area (Å²) >= 11 is 12.4. The lowest BCUT2D eigenvalue weighted by molar-refractivity contribution is -0.125. The van der Waals surface area contributed by atoms with Crippen LogP contribution in [0.2, 0.25) is 10.0 Å². The Morgan fingerprint density at radius 1 is 1.17 bits per heavy atom. The van der Waals surface area contributed by atoms with E-state index in [0.29, 0.717) is 16.6 Å². The number of amides is 1. The number of anilines is 1. The first-order chi connectivity index (χ1) is 14.5. The van der Waals surface area contributed by atoms with Crippen LogP contribution < -0.4 is 10.2 Å². The van der Waals surface area contributed by atoms with Gasteiger partial charge in [0.25, 0.3) is 0 Å². The largest absolute Gasteiger partial charge is 0.355 e. The molecule has 0 radical (unpaired) electrons. The Balaban J connectivity index is 1.54. The Morgan fingerprint density at radius 3 is 2.67 bits per heavy atom. The molecule has 1 amide bonds. The number of nitrogens with one attached hydrogen (secondary N) is 1. The van der Waals surface area contributed by atoms with Crippen LogP contribution in [-0.2, 0) is 11.8 Å². The second-order valence-corrected chi connectivity index (χ2v) is 8.33. The highest BCUT2D eigenvalue weighted by Gasteiger charge is 2.30. The maximum absolute atomic E-state index is 13.3. The average Bonchev–Trinajstić information content (AvgIpc) is 3.18. The van der Waals surface area contributed by atoms with Gasteiger partial charge in [0.2, 0.25) is 5.91 Å². The monoisotopic (exact) mass is 443 g/mol. The summed E-state index contributed by atoms with van der Waals surface area (Å²) in [5, 5.41) is 4.46. The number of nitrogens with zero attached hydrogens (tertiary/aromatic N) is 4. The van der Waals surface area contributed by atoms with Crippen LogP contribution in [0.25, 0.3) is 0 Å². The van der Waals surface area contributed by atoms with Crippen LogP contribution in [0, 0.1) is 5.92 Å². The van der Waals surface area contributed by atoms with Crippen LogP contribution in [0.4, 0.5) is 5.82 Å². The lowest BCUT2D eigenvalue weighted by atomic mass is 9.96. The zero-order valence-electron chi connectivity index (χ0n) is 16.6. The van der Waals surface area contributed by atoms with Crippen LogP contribution in [-0.4, -0.2) is 33.5 Å². The molecular weight excluding hydrogens is 421 g/mol. The molecule has 1 aliphatic rings. The molecule has 2 aromatic heterocycles. The zero-order valence-corrected chi connectivity index (χ0v) is 18.1. The van der Waals surface area contributed by atoms with Crippen molar-refractivity contribution in [1.29, 1.82) is 0 Å². The number of pyridine rings is 1. The highest BCUT2D eigenvalue weighted by Crippen LogP contribution is 2.29. The molecule has 3 aromatic rings. The Bertz CT molecular complexity index is 1020. The number of aryl methyl sites for hydroxylation is 1. The molecule has 1 aromatic carbocycles. The van der Waals surface area contributed by atoms with Crippen molar-refractivity contribution < 1.29 is 4.79 Å². The predicted molar refractivity (Wildman–Crippen MR) is 119 cm³/mol. The highest BCUT2D eigenvalue weighted by atomic mass is 35.5. The van der Waals surface area contributed by atoms with Gasteiger partial charge < -0.3 is 14.8 Å². The van der Waals surface area contributed by atoms with Crippen LogP contribution in [0.3, 0.4) is 0 Å². The van der Waals surface area contributed by atoms with Crippen molar-refractivity contribution in [2.24, 2.45) is 13.0 Å². The fraction of sp³-hybridized carbons (Fsp3) is 0.318. The number of imidazole rings is 1. The molecule has 0 saturated carbocycles. The summed E-state index contributed by atoms with van der Waals surface area (Å²) in [5.41, 5.74) is 0.933. The van der Waals surface area contributed by atoms with Crippen LogP contribution >= 0.6 is 23.2 Å². The third-order valence-corrected chi connectivity index (χ3v) is 5.98. The Kier molecular flexibility index (Phi) is 6.25. The molecule has 156 valence electrons. The van der Waals surface area contributed by atoms with Crippen molar-refractivity contribution in [1.82, 2.24) is 19.9 Å². The van der Waals surface area contributed by atoms with E-state index in [1.807, 2.05) is 54.2 Å². The van der Waals surface area contributed by atoms with E-state index in [4.69, 9.17) is 23.2 Å². The standard InChI is InChI=1S/C22H23Cl2N5O/c1-28-13-11-26-21(28)19(15-6-8-17(23)9-7-15)27-22(30)16-4-3-12-29(14-16)20-18(24)5-2-10-25-20/h2,5-11,13,16,19H,3-4,12,14H2,1H3,(H,27,30)/t16-,19+/m1/s1. The number of hydrogen-bond acceptors (Lipinski definition) is 4. The smallest absolute Gasteiger partial charge is 0.225 e. The average molecular weight is 444 g/mol. The Hall–Kier alpha value is -2.57. The summed E-state index contributed by atoms with van der Waals surface area (Å²) in [6.45, 7) is 1.41. The van der Waals surface area contributed by atoms with Gasteiger partial charge >= 0.3 is 0 Å². The molecule has 4 rings (SSSR count). The molecule has 0 aliphatic carbocycles. The minimum atomic E-state index is -0.358. The van der Waals surface area contributed by atoms with E-state index in [-0.39, 0.29) is 17.9 Å². The van der Waals surface area contributed by atoms with Gasteiger partial charge in [0.15, 0.2) is 0 Å². The molecule has 0 unspecified atom stereocenters. The first kappa shape index (κ1) is 20.7. The molecule has 1 fully saturated rings. The Labute approximate surface area is 185 Å². The minimum absolute atomic E-state index is 0.00490. The minimum Gasteiger partial charge on any atom is -0.355 e. The van der Waals surface area contributed by atoms with E-state index >= 15 is 0 Å². The van der Waals surface area contributed by atoms with E-state index in [1.54, 1.807) is 12.4 Å². The molecule has 8 heteroatoms. The van der Waals surface area contributed by atoms with Gasteiger partial charge in [-0.2, -0.15) is 0 Å². The first-order valence-corrected chi connectivity index (χ1v) is 10.7. The third kappa shape index (κ3) is 4.45. The fourth-order valence-electron chi connectivity index (χ4n) is 3.86. The summed E-state index contributed by atoms with van der Waals surface area (Å²) in [4.78, 5) is 24.2. The molecule has 1 aliphatic heterocycles. The maximum Gasteiger partial charge on any atom is 0.225 e. The van der Waals surface area contributed by atoms with Crippen LogP contribution in [0.1, 0.15) is 30.3 Å².